The number of nitrogens with one attached hydrogen (secondary N) is 1. The molecule has 130 valence electrons. The number of aromatic amines is 1. The molecule has 0 aromatic carbocycles. The van der Waals surface area contributed by atoms with E-state index in [4.69, 9.17) is 4.42 Å². The smallest absolute Gasteiger partial charge is 0.345 e. The molecule has 0 aliphatic carbocycles. The van der Waals surface area contributed by atoms with Crippen LogP contribution in [0.15, 0.2) is 26.2 Å². The van der Waals surface area contributed by atoms with E-state index in [2.05, 4.69) is 14.9 Å². The molecule has 2 heterocycles. The lowest BCUT2D eigenvalue weighted by Gasteiger charge is -2.08. The van der Waals surface area contributed by atoms with Gasteiger partial charge in [-0.1, -0.05) is 6.92 Å². The van der Waals surface area contributed by atoms with Crippen molar-refractivity contribution in [2.75, 3.05) is 14.1 Å². The van der Waals surface area contributed by atoms with Gasteiger partial charge in [-0.25, -0.2) is 4.79 Å². The summed E-state index contributed by atoms with van der Waals surface area (Å²) in [5.41, 5.74) is 1.44. The molecule has 0 saturated carbocycles. The summed E-state index contributed by atoms with van der Waals surface area (Å²) in [6, 6.07) is 4.01. The second-order valence-electron chi connectivity index (χ2n) is 5.19. The van der Waals surface area contributed by atoms with Crippen molar-refractivity contribution < 1.29 is 4.42 Å². The summed E-state index contributed by atoms with van der Waals surface area (Å²) < 4.78 is 5.80. The van der Waals surface area contributed by atoms with Crippen molar-refractivity contribution in [3.8, 4) is 0 Å². The Kier molecular flexibility index (Phi) is 9.61. The Morgan fingerprint density at radius 2 is 1.91 bits per heavy atom. The first kappa shape index (κ1) is 22.1. The molecular formula is C15H23Cl2N3O2S. The van der Waals surface area contributed by atoms with Gasteiger partial charge in [0.1, 0.15) is 11.5 Å². The average Bonchev–Trinajstić information content (AvgIpc) is 2.83. The highest BCUT2D eigenvalue weighted by Crippen LogP contribution is 2.28. The molecule has 1 N–H and O–H groups in total. The predicted molar refractivity (Wildman–Crippen MR) is 99.1 cm³/mol. The maximum absolute atomic E-state index is 11.4. The SMILES string of the molecule is CCc1nc(=O)[nH]c(C)c1SCc1ccc(CN(C)C)o1.Cl.Cl. The number of aryl methyl sites for hydroxylation is 2. The van der Waals surface area contributed by atoms with Crippen molar-refractivity contribution in [3.05, 3.63) is 45.5 Å². The summed E-state index contributed by atoms with van der Waals surface area (Å²) in [5, 5.41) is 0. The number of hydrogen-bond donors (Lipinski definition) is 1. The molecule has 0 unspecified atom stereocenters. The molecule has 0 amide bonds. The first-order chi connectivity index (χ1) is 9.99. The first-order valence-electron chi connectivity index (χ1n) is 6.94. The van der Waals surface area contributed by atoms with Gasteiger partial charge in [0.05, 0.1) is 18.0 Å². The lowest BCUT2D eigenvalue weighted by molar-refractivity contribution is 0.344. The van der Waals surface area contributed by atoms with Crippen LogP contribution in [-0.2, 0) is 18.7 Å². The molecule has 0 aliphatic heterocycles. The van der Waals surface area contributed by atoms with E-state index in [0.29, 0.717) is 0 Å². The van der Waals surface area contributed by atoms with E-state index in [1.54, 1.807) is 11.8 Å². The largest absolute Gasteiger partial charge is 0.464 e. The summed E-state index contributed by atoms with van der Waals surface area (Å²) in [7, 11) is 4.03. The molecule has 0 saturated heterocycles. The van der Waals surface area contributed by atoms with Gasteiger partial charge in [0.25, 0.3) is 0 Å². The van der Waals surface area contributed by atoms with Gasteiger partial charge < -0.3 is 14.3 Å². The van der Waals surface area contributed by atoms with Gasteiger partial charge in [0, 0.05) is 10.6 Å². The van der Waals surface area contributed by atoms with Crippen LogP contribution in [0.2, 0.25) is 0 Å². The Hall–Kier alpha value is -0.950. The van der Waals surface area contributed by atoms with E-state index in [1.165, 1.54) is 0 Å². The number of nitrogens with zero attached hydrogens (tertiary/aromatic N) is 2. The molecule has 23 heavy (non-hydrogen) atoms. The summed E-state index contributed by atoms with van der Waals surface area (Å²) in [5.74, 6) is 2.63. The highest BCUT2D eigenvalue weighted by Gasteiger charge is 2.11. The third kappa shape index (κ3) is 6.22. The van der Waals surface area contributed by atoms with E-state index < -0.39 is 0 Å². The van der Waals surface area contributed by atoms with Gasteiger partial charge in [0.2, 0.25) is 0 Å². The van der Waals surface area contributed by atoms with Crippen LogP contribution >= 0.6 is 36.6 Å². The third-order valence-corrected chi connectivity index (χ3v) is 4.28. The number of thioether (sulfide) groups is 1. The molecule has 0 atom stereocenters. The predicted octanol–water partition coefficient (Wildman–Crippen LogP) is 3.43. The molecule has 2 aromatic heterocycles. The zero-order chi connectivity index (χ0) is 15.4. The Morgan fingerprint density at radius 3 is 2.52 bits per heavy atom. The fraction of sp³-hybridized carbons (Fsp3) is 0.467. The van der Waals surface area contributed by atoms with Crippen molar-refractivity contribution in [2.45, 2.75) is 37.5 Å². The minimum Gasteiger partial charge on any atom is -0.464 e. The number of halogens is 2. The topological polar surface area (TPSA) is 62.1 Å². The Balaban J connectivity index is 0.00000242. The fourth-order valence-electron chi connectivity index (χ4n) is 2.11. The molecule has 0 aliphatic rings. The maximum Gasteiger partial charge on any atom is 0.345 e. The number of H-pyrrole nitrogens is 1. The monoisotopic (exact) mass is 379 g/mol. The molecule has 0 spiro atoms. The van der Waals surface area contributed by atoms with E-state index in [-0.39, 0.29) is 30.5 Å². The van der Waals surface area contributed by atoms with Crippen LogP contribution in [0.1, 0.15) is 29.8 Å². The molecular weight excluding hydrogens is 357 g/mol. The van der Waals surface area contributed by atoms with Gasteiger partial charge >= 0.3 is 5.69 Å². The van der Waals surface area contributed by atoms with Gasteiger partial charge in [-0.3, -0.25) is 0 Å². The Morgan fingerprint density at radius 1 is 1.26 bits per heavy atom. The van der Waals surface area contributed by atoms with Gasteiger partial charge in [-0.15, -0.1) is 36.6 Å². The van der Waals surface area contributed by atoms with Crippen molar-refractivity contribution in [1.82, 2.24) is 14.9 Å². The quantitative estimate of drug-likeness (QED) is 0.778. The maximum atomic E-state index is 11.4. The van der Waals surface area contributed by atoms with Crippen LogP contribution in [0.5, 0.6) is 0 Å². The minimum atomic E-state index is -0.278. The van der Waals surface area contributed by atoms with E-state index in [9.17, 15) is 4.79 Å². The van der Waals surface area contributed by atoms with Gasteiger partial charge in [-0.2, -0.15) is 4.98 Å². The summed E-state index contributed by atoms with van der Waals surface area (Å²) in [4.78, 5) is 21.3. The molecule has 8 heteroatoms. The Bertz CT molecular complexity index is 671. The second kappa shape index (κ2) is 10.0. The first-order valence-corrected chi connectivity index (χ1v) is 7.93. The second-order valence-corrected chi connectivity index (χ2v) is 6.18. The Labute approximate surface area is 153 Å². The van der Waals surface area contributed by atoms with E-state index in [1.807, 2.05) is 40.1 Å². The van der Waals surface area contributed by atoms with Crippen molar-refractivity contribution in [2.24, 2.45) is 0 Å². The van der Waals surface area contributed by atoms with Crippen molar-refractivity contribution >= 4 is 36.6 Å². The number of aromatic nitrogens is 2. The zero-order valence-electron chi connectivity index (χ0n) is 13.7. The lowest BCUT2D eigenvalue weighted by Crippen LogP contribution is -2.15. The van der Waals surface area contributed by atoms with Gasteiger partial charge in [0.15, 0.2) is 0 Å². The van der Waals surface area contributed by atoms with Gasteiger partial charge in [-0.05, 0) is 39.6 Å². The summed E-state index contributed by atoms with van der Waals surface area (Å²) in [6.07, 6.45) is 0.747. The molecule has 5 nitrogen and oxygen atoms in total. The van der Waals surface area contributed by atoms with Crippen LogP contribution in [0, 0.1) is 6.92 Å². The van der Waals surface area contributed by atoms with Crippen LogP contribution < -0.4 is 5.69 Å². The summed E-state index contributed by atoms with van der Waals surface area (Å²) in [6.45, 7) is 4.71. The third-order valence-electron chi connectivity index (χ3n) is 3.02. The highest BCUT2D eigenvalue weighted by molar-refractivity contribution is 7.98. The van der Waals surface area contributed by atoms with Crippen LogP contribution in [0.3, 0.4) is 0 Å². The standard InChI is InChI=1S/C15H21N3O2S.2ClH/c1-5-13-14(10(2)16-15(19)17-13)21-9-12-7-6-11(20-12)8-18(3)4;;/h6-7H,5,8-9H2,1-4H3,(H,16,17,19);2*1H. The summed E-state index contributed by atoms with van der Waals surface area (Å²) >= 11 is 1.65. The highest BCUT2D eigenvalue weighted by atomic mass is 35.5. The van der Waals surface area contributed by atoms with Crippen LogP contribution in [-0.4, -0.2) is 29.0 Å². The fourth-order valence-corrected chi connectivity index (χ4v) is 3.17. The lowest BCUT2D eigenvalue weighted by atomic mass is 10.3. The van der Waals surface area contributed by atoms with E-state index in [0.717, 1.165) is 46.5 Å². The molecule has 2 rings (SSSR count). The molecule has 0 radical (unpaired) electrons. The number of hydrogen-bond acceptors (Lipinski definition) is 5. The normalized spacial score (nSPS) is 10.3. The molecule has 0 bridgehead atoms. The number of furan rings is 1. The van der Waals surface area contributed by atoms with Crippen molar-refractivity contribution in [1.29, 1.82) is 0 Å². The number of rotatable bonds is 6. The van der Waals surface area contributed by atoms with Crippen LogP contribution in [0.25, 0.3) is 0 Å². The minimum absolute atomic E-state index is 0. The van der Waals surface area contributed by atoms with E-state index >= 15 is 0 Å². The zero-order valence-corrected chi connectivity index (χ0v) is 16.2. The average molecular weight is 380 g/mol. The molecule has 2 aromatic rings. The van der Waals surface area contributed by atoms with Crippen molar-refractivity contribution in [3.63, 3.8) is 0 Å². The molecule has 0 fully saturated rings. The van der Waals surface area contributed by atoms with Crippen LogP contribution in [0.4, 0.5) is 0 Å².